The first-order valence-electron chi connectivity index (χ1n) is 5.28. The van der Waals surface area contributed by atoms with Gasteiger partial charge in [-0.25, -0.2) is 4.68 Å². The Morgan fingerprint density at radius 1 is 1.47 bits per heavy atom. The van der Waals surface area contributed by atoms with Gasteiger partial charge in [-0.3, -0.25) is 0 Å². The van der Waals surface area contributed by atoms with Crippen molar-refractivity contribution >= 4 is 0 Å². The van der Waals surface area contributed by atoms with E-state index in [1.165, 1.54) is 0 Å². The number of benzene rings is 1. The van der Waals surface area contributed by atoms with Gasteiger partial charge in [0.1, 0.15) is 11.8 Å². The number of nitrogens with zero attached hydrogens (tertiary/aromatic N) is 4. The van der Waals surface area contributed by atoms with Crippen molar-refractivity contribution in [3.63, 3.8) is 0 Å². The molecule has 84 valence electrons. The molecule has 2 rings (SSSR count). The molecule has 0 radical (unpaired) electrons. The molecule has 0 saturated heterocycles. The summed E-state index contributed by atoms with van der Waals surface area (Å²) < 4.78 is 1.69. The molecule has 0 aliphatic heterocycles. The molecule has 0 unspecified atom stereocenters. The van der Waals surface area contributed by atoms with Gasteiger partial charge < -0.3 is 0 Å². The number of hydrogen-bond acceptors (Lipinski definition) is 3. The van der Waals surface area contributed by atoms with Crippen LogP contribution in [0.25, 0.3) is 11.3 Å². The van der Waals surface area contributed by atoms with E-state index in [0.717, 1.165) is 16.8 Å². The van der Waals surface area contributed by atoms with Crippen molar-refractivity contribution in [2.45, 2.75) is 13.5 Å². The van der Waals surface area contributed by atoms with Crippen molar-refractivity contribution in [1.29, 1.82) is 5.26 Å². The zero-order chi connectivity index (χ0) is 12.3. The lowest BCUT2D eigenvalue weighted by Crippen LogP contribution is -2.01. The van der Waals surface area contributed by atoms with Crippen LogP contribution in [0.5, 0.6) is 0 Å². The molecule has 2 aromatic rings. The molecule has 0 spiro atoms. The molecule has 4 nitrogen and oxygen atoms in total. The molecule has 0 aliphatic rings. The molecule has 0 saturated carbocycles. The monoisotopic (exact) mass is 224 g/mol. The third-order valence-corrected chi connectivity index (χ3v) is 2.54. The number of allylic oxidation sites excluding steroid dienone is 1. The first-order chi connectivity index (χ1) is 8.27. The predicted octanol–water partition coefficient (Wildman–Crippen LogP) is 2.31. The summed E-state index contributed by atoms with van der Waals surface area (Å²) in [5.41, 5.74) is 3.18. The first-order valence-corrected chi connectivity index (χ1v) is 5.28. The van der Waals surface area contributed by atoms with Crippen LogP contribution in [-0.2, 0) is 6.54 Å². The largest absolute Gasteiger partial charge is 0.239 e. The summed E-state index contributed by atoms with van der Waals surface area (Å²) in [5, 5.41) is 16.9. The Labute approximate surface area is 99.8 Å². The lowest BCUT2D eigenvalue weighted by Gasteiger charge is -2.06. The minimum absolute atomic E-state index is 0.348. The summed E-state index contributed by atoms with van der Waals surface area (Å²) in [6, 6.07) is 9.94. The van der Waals surface area contributed by atoms with Crippen molar-refractivity contribution in [2.75, 3.05) is 0 Å². The lowest BCUT2D eigenvalue weighted by atomic mass is 10.0. The summed E-state index contributed by atoms with van der Waals surface area (Å²) in [5.74, 6) is 0. The molecule has 4 heteroatoms. The number of aryl methyl sites for hydroxylation is 1. The van der Waals surface area contributed by atoms with E-state index < -0.39 is 0 Å². The van der Waals surface area contributed by atoms with Crippen LogP contribution in [0.1, 0.15) is 11.3 Å². The van der Waals surface area contributed by atoms with Gasteiger partial charge in [0.2, 0.25) is 0 Å². The minimum atomic E-state index is 0.348. The predicted molar refractivity (Wildman–Crippen MR) is 65.1 cm³/mol. The third-order valence-electron chi connectivity index (χ3n) is 2.54. The Balaban J connectivity index is 2.65. The van der Waals surface area contributed by atoms with Gasteiger partial charge in [0.05, 0.1) is 6.54 Å². The van der Waals surface area contributed by atoms with E-state index in [0.29, 0.717) is 12.2 Å². The van der Waals surface area contributed by atoms with Crippen LogP contribution in [0.15, 0.2) is 36.9 Å². The normalized spacial score (nSPS) is 9.88. The van der Waals surface area contributed by atoms with Crippen LogP contribution in [0.4, 0.5) is 0 Å². The molecule has 0 fully saturated rings. The smallest absolute Gasteiger partial charge is 0.190 e. The maximum Gasteiger partial charge on any atom is 0.190 e. The number of rotatable bonds is 3. The number of aromatic nitrogens is 3. The summed E-state index contributed by atoms with van der Waals surface area (Å²) >= 11 is 0. The van der Waals surface area contributed by atoms with E-state index in [9.17, 15) is 0 Å². The van der Waals surface area contributed by atoms with Crippen LogP contribution in [0.2, 0.25) is 0 Å². The summed E-state index contributed by atoms with van der Waals surface area (Å²) in [7, 11) is 0. The molecule has 0 bridgehead atoms. The standard InChI is InChI=1S/C13H12N4/c1-3-8-17-13(12(9-14)15-16-17)11-7-5-4-6-10(11)2/h3-7H,1,8H2,2H3. The zero-order valence-electron chi connectivity index (χ0n) is 9.59. The Morgan fingerprint density at radius 2 is 2.24 bits per heavy atom. The Kier molecular flexibility index (Phi) is 3.01. The Morgan fingerprint density at radius 3 is 2.88 bits per heavy atom. The summed E-state index contributed by atoms with van der Waals surface area (Å²) in [6.07, 6.45) is 1.73. The zero-order valence-corrected chi connectivity index (χ0v) is 9.59. The van der Waals surface area contributed by atoms with E-state index in [-0.39, 0.29) is 0 Å². The van der Waals surface area contributed by atoms with Gasteiger partial charge in [0.25, 0.3) is 0 Å². The first kappa shape index (κ1) is 11.1. The molecule has 0 aliphatic carbocycles. The van der Waals surface area contributed by atoms with Crippen molar-refractivity contribution in [2.24, 2.45) is 0 Å². The summed E-state index contributed by atoms with van der Waals surface area (Å²) in [6.45, 7) is 6.22. The maximum absolute atomic E-state index is 9.06. The molecule has 1 heterocycles. The van der Waals surface area contributed by atoms with Gasteiger partial charge in [-0.2, -0.15) is 5.26 Å². The van der Waals surface area contributed by atoms with Crippen LogP contribution >= 0.6 is 0 Å². The average molecular weight is 224 g/mol. The van der Waals surface area contributed by atoms with Crippen LogP contribution in [0.3, 0.4) is 0 Å². The Hall–Kier alpha value is -2.41. The molecule has 0 N–H and O–H groups in total. The van der Waals surface area contributed by atoms with E-state index in [2.05, 4.69) is 23.0 Å². The summed E-state index contributed by atoms with van der Waals surface area (Å²) in [4.78, 5) is 0. The van der Waals surface area contributed by atoms with E-state index in [1.807, 2.05) is 31.2 Å². The third kappa shape index (κ3) is 1.95. The highest BCUT2D eigenvalue weighted by molar-refractivity contribution is 5.68. The SMILES string of the molecule is C=CCn1nnc(C#N)c1-c1ccccc1C. The van der Waals surface area contributed by atoms with Gasteiger partial charge in [-0.1, -0.05) is 35.6 Å². The van der Waals surface area contributed by atoms with Crippen molar-refractivity contribution in [3.8, 4) is 17.3 Å². The second-order valence-electron chi connectivity index (χ2n) is 3.68. The topological polar surface area (TPSA) is 54.5 Å². The quantitative estimate of drug-likeness (QED) is 0.752. The van der Waals surface area contributed by atoms with Crippen molar-refractivity contribution < 1.29 is 0 Å². The molecular weight excluding hydrogens is 212 g/mol. The molecule has 0 atom stereocenters. The molecular formula is C13H12N4. The van der Waals surface area contributed by atoms with E-state index in [1.54, 1.807) is 10.8 Å². The molecule has 1 aromatic carbocycles. The Bertz CT molecular complexity index is 590. The van der Waals surface area contributed by atoms with Gasteiger partial charge in [0, 0.05) is 5.56 Å². The van der Waals surface area contributed by atoms with Crippen molar-refractivity contribution in [1.82, 2.24) is 15.0 Å². The fourth-order valence-electron chi connectivity index (χ4n) is 1.74. The average Bonchev–Trinajstić information content (AvgIpc) is 2.73. The highest BCUT2D eigenvalue weighted by atomic mass is 15.4. The van der Waals surface area contributed by atoms with Gasteiger partial charge in [-0.15, -0.1) is 11.7 Å². The number of hydrogen-bond donors (Lipinski definition) is 0. The van der Waals surface area contributed by atoms with E-state index in [4.69, 9.17) is 5.26 Å². The fourth-order valence-corrected chi connectivity index (χ4v) is 1.74. The maximum atomic E-state index is 9.06. The van der Waals surface area contributed by atoms with Crippen molar-refractivity contribution in [3.05, 3.63) is 48.2 Å². The molecule has 17 heavy (non-hydrogen) atoms. The van der Waals surface area contributed by atoms with Gasteiger partial charge in [-0.05, 0) is 12.5 Å². The highest BCUT2D eigenvalue weighted by Crippen LogP contribution is 2.25. The van der Waals surface area contributed by atoms with E-state index >= 15 is 0 Å². The second-order valence-corrected chi connectivity index (χ2v) is 3.68. The molecule has 1 aromatic heterocycles. The number of nitriles is 1. The van der Waals surface area contributed by atoms with Crippen LogP contribution < -0.4 is 0 Å². The molecule has 0 amide bonds. The van der Waals surface area contributed by atoms with Gasteiger partial charge >= 0.3 is 0 Å². The van der Waals surface area contributed by atoms with Crippen LogP contribution in [-0.4, -0.2) is 15.0 Å². The van der Waals surface area contributed by atoms with Crippen LogP contribution in [0, 0.1) is 18.3 Å². The van der Waals surface area contributed by atoms with Gasteiger partial charge in [0.15, 0.2) is 5.69 Å². The highest BCUT2D eigenvalue weighted by Gasteiger charge is 2.15. The lowest BCUT2D eigenvalue weighted by molar-refractivity contribution is 0.668. The minimum Gasteiger partial charge on any atom is -0.239 e. The second kappa shape index (κ2) is 4.62. The fraction of sp³-hybridized carbons (Fsp3) is 0.154.